The summed E-state index contributed by atoms with van der Waals surface area (Å²) in [4.78, 5) is 24.6. The zero-order chi connectivity index (χ0) is 52.9. The minimum atomic E-state index is -0.858. The van der Waals surface area contributed by atoms with E-state index in [-0.39, 0.29) is 18.5 Å². The Balaban J connectivity index is 3.53. The molecule has 73 heavy (non-hydrogen) atoms. The summed E-state index contributed by atoms with van der Waals surface area (Å²) < 4.78 is 5.45. The van der Waals surface area contributed by atoms with Gasteiger partial charge in [-0.15, -0.1) is 0 Å². The van der Waals surface area contributed by atoms with Crippen molar-refractivity contribution in [1.29, 1.82) is 0 Å². The molecule has 0 spiro atoms. The average Bonchev–Trinajstić information content (AvgIpc) is 3.39. The minimum Gasteiger partial charge on any atom is -0.466 e. The van der Waals surface area contributed by atoms with Crippen molar-refractivity contribution in [3.05, 3.63) is 60.8 Å². The van der Waals surface area contributed by atoms with E-state index in [1.807, 2.05) is 6.08 Å². The van der Waals surface area contributed by atoms with E-state index in [4.69, 9.17) is 4.74 Å². The molecule has 0 radical (unpaired) electrons. The molecule has 0 saturated carbocycles. The Kier molecular flexibility index (Phi) is 60.0. The molecule has 3 N–H and O–H groups in total. The number of unbranched alkanes of at least 4 members (excludes halogenated alkanes) is 40. The van der Waals surface area contributed by atoms with E-state index >= 15 is 0 Å². The van der Waals surface area contributed by atoms with E-state index < -0.39 is 12.1 Å². The summed E-state index contributed by atoms with van der Waals surface area (Å²) in [5.41, 5.74) is 0. The summed E-state index contributed by atoms with van der Waals surface area (Å²) in [6.07, 6.45) is 81.2. The molecule has 2 unspecified atom stereocenters. The molecular weight excluding hydrogens is 899 g/mol. The summed E-state index contributed by atoms with van der Waals surface area (Å²) >= 11 is 0. The topological polar surface area (TPSA) is 95.9 Å². The van der Waals surface area contributed by atoms with Crippen molar-refractivity contribution in [3.8, 4) is 0 Å². The molecule has 0 aliphatic heterocycles. The van der Waals surface area contributed by atoms with Crippen molar-refractivity contribution in [3.63, 3.8) is 0 Å². The minimum absolute atomic E-state index is 0.0301. The van der Waals surface area contributed by atoms with Crippen LogP contribution in [0.3, 0.4) is 0 Å². The lowest BCUT2D eigenvalue weighted by atomic mass is 10.0. The summed E-state index contributed by atoms with van der Waals surface area (Å²) in [5, 5.41) is 23.2. The fourth-order valence-electron chi connectivity index (χ4n) is 9.58. The smallest absolute Gasteiger partial charge is 0.305 e. The summed E-state index contributed by atoms with van der Waals surface area (Å²) in [5.74, 6) is -0.113. The van der Waals surface area contributed by atoms with Crippen LogP contribution in [0.25, 0.3) is 0 Å². The number of carbonyl (C=O) groups excluding carboxylic acids is 2. The van der Waals surface area contributed by atoms with Crippen molar-refractivity contribution >= 4 is 11.9 Å². The van der Waals surface area contributed by atoms with Gasteiger partial charge in [0.25, 0.3) is 0 Å². The predicted octanol–water partition coefficient (Wildman–Crippen LogP) is 20.3. The van der Waals surface area contributed by atoms with Gasteiger partial charge in [0.15, 0.2) is 0 Å². The molecule has 0 aliphatic carbocycles. The lowest BCUT2D eigenvalue weighted by molar-refractivity contribution is -0.143. The first-order valence-corrected chi connectivity index (χ1v) is 32.1. The third-order valence-electron chi connectivity index (χ3n) is 14.5. The number of carbonyl (C=O) groups is 2. The predicted molar refractivity (Wildman–Crippen MR) is 319 cm³/mol. The molecule has 0 fully saturated rings. The highest BCUT2D eigenvalue weighted by Gasteiger charge is 2.18. The quantitative estimate of drug-likeness (QED) is 0.0320. The van der Waals surface area contributed by atoms with Gasteiger partial charge < -0.3 is 20.3 Å². The van der Waals surface area contributed by atoms with Gasteiger partial charge in [-0.3, -0.25) is 9.59 Å². The number of allylic oxidation sites excluding steroid dienone is 9. The van der Waals surface area contributed by atoms with E-state index in [0.717, 1.165) is 96.3 Å². The van der Waals surface area contributed by atoms with E-state index in [9.17, 15) is 19.8 Å². The molecule has 0 aromatic rings. The maximum atomic E-state index is 12.5. The Hall–Kier alpha value is -2.44. The molecule has 6 heteroatoms. The van der Waals surface area contributed by atoms with Crippen LogP contribution in [0.15, 0.2) is 60.8 Å². The molecule has 1 amide bonds. The van der Waals surface area contributed by atoms with Crippen LogP contribution < -0.4 is 5.32 Å². The van der Waals surface area contributed by atoms with Gasteiger partial charge in [0.1, 0.15) is 0 Å². The summed E-state index contributed by atoms with van der Waals surface area (Å²) in [6, 6.07) is -0.643. The van der Waals surface area contributed by atoms with Crippen LogP contribution in [0.4, 0.5) is 0 Å². The van der Waals surface area contributed by atoms with Gasteiger partial charge in [-0.05, 0) is 103 Å². The van der Waals surface area contributed by atoms with Crippen LogP contribution >= 0.6 is 0 Å². The standard InChI is InChI=1S/C67H123NO5/c1-3-5-7-9-11-13-15-17-19-21-22-23-24-25-26-28-31-35-39-43-47-51-55-59-65(70)64(63-69)68-66(71)60-56-52-48-44-40-36-32-29-27-30-34-38-42-46-50-54-58-62-73-67(72)61-57-53-49-45-41-37-33-20-18-16-14-12-10-8-6-4-2/h14,16,20,27,30,33,38,42,55,59,64-65,69-70H,3-13,15,17-19,21-26,28-29,31-32,34-37,39-41,43-54,56-58,60-63H2,1-2H3,(H,68,71)/b16-14-,30-27-,33-20-,42-38-,59-55+. The largest absolute Gasteiger partial charge is 0.466 e. The number of amides is 1. The second-order valence-electron chi connectivity index (χ2n) is 21.7. The molecule has 0 heterocycles. The first-order chi connectivity index (χ1) is 36.0. The van der Waals surface area contributed by atoms with Gasteiger partial charge in [-0.1, -0.05) is 274 Å². The van der Waals surface area contributed by atoms with Crippen LogP contribution in [0, 0.1) is 0 Å². The molecular formula is C67H123NO5. The van der Waals surface area contributed by atoms with E-state index in [1.165, 1.54) is 205 Å². The molecule has 426 valence electrons. The van der Waals surface area contributed by atoms with E-state index in [0.29, 0.717) is 19.4 Å². The van der Waals surface area contributed by atoms with Gasteiger partial charge in [0, 0.05) is 12.8 Å². The number of nitrogens with one attached hydrogen (secondary N) is 1. The number of hydrogen-bond acceptors (Lipinski definition) is 5. The van der Waals surface area contributed by atoms with Gasteiger partial charge in [-0.2, -0.15) is 0 Å². The number of rotatable bonds is 59. The van der Waals surface area contributed by atoms with Gasteiger partial charge in [0.2, 0.25) is 5.91 Å². The van der Waals surface area contributed by atoms with Gasteiger partial charge in [0.05, 0.1) is 25.4 Å². The Morgan fingerprint density at radius 2 is 0.685 bits per heavy atom. The summed E-state index contributed by atoms with van der Waals surface area (Å²) in [7, 11) is 0. The SMILES string of the molecule is CCCCCC/C=C\C/C=C\CCCCCCCC(=O)OCCCCC/C=C\C/C=C\CCCCCCCCCC(=O)NC(CO)C(O)/C=C/CCCCCCCCCCCCCCCCCCCCCCC. The van der Waals surface area contributed by atoms with E-state index in [1.54, 1.807) is 6.08 Å². The lowest BCUT2D eigenvalue weighted by Gasteiger charge is -2.20. The van der Waals surface area contributed by atoms with Gasteiger partial charge in [-0.25, -0.2) is 0 Å². The van der Waals surface area contributed by atoms with E-state index in [2.05, 4.69) is 67.8 Å². The number of esters is 1. The zero-order valence-corrected chi connectivity index (χ0v) is 48.6. The van der Waals surface area contributed by atoms with Crippen molar-refractivity contribution in [2.24, 2.45) is 0 Å². The molecule has 0 aromatic carbocycles. The highest BCUT2D eigenvalue weighted by molar-refractivity contribution is 5.76. The number of aliphatic hydroxyl groups excluding tert-OH is 2. The number of aliphatic hydroxyl groups is 2. The third-order valence-corrected chi connectivity index (χ3v) is 14.5. The number of hydrogen-bond donors (Lipinski definition) is 3. The zero-order valence-electron chi connectivity index (χ0n) is 48.6. The highest BCUT2D eigenvalue weighted by atomic mass is 16.5. The second-order valence-corrected chi connectivity index (χ2v) is 21.7. The van der Waals surface area contributed by atoms with Crippen molar-refractivity contribution < 1.29 is 24.5 Å². The molecule has 2 atom stereocenters. The fraction of sp³-hybridized carbons (Fsp3) is 0.821. The maximum Gasteiger partial charge on any atom is 0.305 e. The van der Waals surface area contributed by atoms with Crippen LogP contribution in [0.2, 0.25) is 0 Å². The molecule has 0 saturated heterocycles. The van der Waals surface area contributed by atoms with Gasteiger partial charge >= 0.3 is 5.97 Å². The first-order valence-electron chi connectivity index (χ1n) is 32.1. The van der Waals surface area contributed by atoms with Crippen LogP contribution in [0.5, 0.6) is 0 Å². The summed E-state index contributed by atoms with van der Waals surface area (Å²) in [6.45, 7) is 4.85. The Morgan fingerprint density at radius 3 is 1.05 bits per heavy atom. The van der Waals surface area contributed by atoms with Crippen molar-refractivity contribution in [2.75, 3.05) is 13.2 Å². The third kappa shape index (κ3) is 58.7. The van der Waals surface area contributed by atoms with Crippen LogP contribution in [-0.2, 0) is 14.3 Å². The maximum absolute atomic E-state index is 12.5. The molecule has 0 bridgehead atoms. The van der Waals surface area contributed by atoms with Crippen LogP contribution in [0.1, 0.15) is 328 Å². The lowest BCUT2D eigenvalue weighted by Crippen LogP contribution is -2.45. The molecule has 6 nitrogen and oxygen atoms in total. The molecule has 0 rings (SSSR count). The normalized spacial score (nSPS) is 13.0. The van der Waals surface area contributed by atoms with Crippen molar-refractivity contribution in [1.82, 2.24) is 5.32 Å². The highest BCUT2D eigenvalue weighted by Crippen LogP contribution is 2.17. The monoisotopic (exact) mass is 1020 g/mol. The number of ether oxygens (including phenoxy) is 1. The average molecular weight is 1020 g/mol. The first kappa shape index (κ1) is 70.6. The van der Waals surface area contributed by atoms with Crippen LogP contribution in [-0.4, -0.2) is 47.4 Å². The molecule has 0 aromatic heterocycles. The molecule has 0 aliphatic rings. The Labute approximate surface area is 454 Å². The Morgan fingerprint density at radius 1 is 0.384 bits per heavy atom. The second kappa shape index (κ2) is 62.1. The fourth-order valence-corrected chi connectivity index (χ4v) is 9.58. The van der Waals surface area contributed by atoms with Crippen molar-refractivity contribution in [2.45, 2.75) is 341 Å². The Bertz CT molecular complexity index is 1270.